The van der Waals surface area contributed by atoms with Crippen LogP contribution in [0.5, 0.6) is 11.5 Å². The average molecular weight is 433 g/mol. The van der Waals surface area contributed by atoms with E-state index in [-0.39, 0.29) is 22.3 Å². The number of nitrogens with zero attached hydrogens (tertiary/aromatic N) is 1. The van der Waals surface area contributed by atoms with Crippen LogP contribution < -0.4 is 14.9 Å². The number of rotatable bonds is 4. The molecule has 1 aliphatic heterocycles. The normalized spacial score (nSPS) is 14.5. The largest absolute Gasteiger partial charge is 0.496 e. The summed E-state index contributed by atoms with van der Waals surface area (Å²) in [4.78, 5) is 15.3. The molecule has 0 radical (unpaired) electrons. The molecule has 0 saturated heterocycles. The topological polar surface area (TPSA) is 51.9 Å². The number of ether oxygens (including phenoxy) is 2. The third kappa shape index (κ3) is 3.87. The molecule has 4 rings (SSSR count). The smallest absolute Gasteiger partial charge is 0.450 e. The zero-order chi connectivity index (χ0) is 22.3. The maximum absolute atomic E-state index is 14.0. The van der Waals surface area contributed by atoms with Crippen molar-refractivity contribution in [1.29, 1.82) is 0 Å². The van der Waals surface area contributed by atoms with Gasteiger partial charge in [-0.3, -0.25) is 9.69 Å². The van der Waals surface area contributed by atoms with E-state index in [0.717, 1.165) is 0 Å². The minimum absolute atomic E-state index is 0.0309. The second kappa shape index (κ2) is 7.92. The second-order valence-corrected chi connectivity index (χ2v) is 7.93. The molecule has 8 heteroatoms. The Balaban J connectivity index is 2.00. The summed E-state index contributed by atoms with van der Waals surface area (Å²) in [6, 6.07) is 9.15. The molecule has 0 atom stereocenters. The second-order valence-electron chi connectivity index (χ2n) is 7.93. The van der Waals surface area contributed by atoms with Crippen molar-refractivity contribution in [2.75, 3.05) is 20.4 Å². The number of fused-ring (bicyclic) bond motifs is 3. The van der Waals surface area contributed by atoms with Crippen LogP contribution in [-0.2, 0) is 12.7 Å². The summed E-state index contributed by atoms with van der Waals surface area (Å²) >= 11 is 0. The average Bonchev–Trinajstić information content (AvgIpc) is 2.72. The summed E-state index contributed by atoms with van der Waals surface area (Å²) in [7, 11) is 1.34. The molecule has 0 saturated carbocycles. The van der Waals surface area contributed by atoms with Gasteiger partial charge in [-0.2, -0.15) is 13.2 Å². The summed E-state index contributed by atoms with van der Waals surface area (Å²) in [6.45, 7) is 5.44. The standard InChI is InChI=1S/C23H22F3NO4/c1-13(2)10-27-11-16-18(30-12-27)9-8-15-20(28)19(14-6-4-5-7-17(14)29-3)22(23(24,25)26)31-21(15)16/h4-9,13H,10-12H2,1-3H3. The van der Waals surface area contributed by atoms with Crippen LogP contribution in [0.3, 0.4) is 0 Å². The Morgan fingerprint density at radius 1 is 1.16 bits per heavy atom. The monoisotopic (exact) mass is 433 g/mol. The van der Waals surface area contributed by atoms with Crippen LogP contribution in [0.2, 0.25) is 0 Å². The fourth-order valence-electron chi connectivity index (χ4n) is 3.94. The SMILES string of the molecule is COc1ccccc1-c1c(C(F)(F)F)oc2c3c(ccc2c1=O)OCN(CC(C)C)C3. The Bertz CT molecular complexity index is 1180. The van der Waals surface area contributed by atoms with Crippen LogP contribution in [0.15, 0.2) is 45.6 Å². The van der Waals surface area contributed by atoms with E-state index >= 15 is 0 Å². The number of para-hydroxylation sites is 1. The fourth-order valence-corrected chi connectivity index (χ4v) is 3.94. The molecule has 2 aromatic carbocycles. The van der Waals surface area contributed by atoms with Gasteiger partial charge in [0.2, 0.25) is 11.2 Å². The van der Waals surface area contributed by atoms with Gasteiger partial charge in [0.25, 0.3) is 0 Å². The van der Waals surface area contributed by atoms with E-state index in [1.54, 1.807) is 18.2 Å². The first kappa shape index (κ1) is 21.2. The lowest BCUT2D eigenvalue weighted by molar-refractivity contribution is -0.152. The fraction of sp³-hybridized carbons (Fsp3) is 0.348. The summed E-state index contributed by atoms with van der Waals surface area (Å²) in [6.07, 6.45) is -4.88. The van der Waals surface area contributed by atoms with E-state index in [1.165, 1.54) is 25.3 Å². The van der Waals surface area contributed by atoms with Gasteiger partial charge in [-0.1, -0.05) is 32.0 Å². The maximum atomic E-state index is 14.0. The van der Waals surface area contributed by atoms with Crippen molar-refractivity contribution in [3.8, 4) is 22.6 Å². The van der Waals surface area contributed by atoms with Gasteiger partial charge in [-0.25, -0.2) is 0 Å². The quantitative estimate of drug-likeness (QED) is 0.559. The van der Waals surface area contributed by atoms with Crippen molar-refractivity contribution in [3.05, 3.63) is 57.9 Å². The summed E-state index contributed by atoms with van der Waals surface area (Å²) in [5, 5.41) is 0.0719. The zero-order valence-electron chi connectivity index (χ0n) is 17.4. The van der Waals surface area contributed by atoms with Crippen LogP contribution in [0.4, 0.5) is 13.2 Å². The number of alkyl halides is 3. The number of hydrogen-bond acceptors (Lipinski definition) is 5. The zero-order valence-corrected chi connectivity index (χ0v) is 17.4. The lowest BCUT2D eigenvalue weighted by Crippen LogP contribution is -2.35. The molecule has 0 fully saturated rings. The molecular weight excluding hydrogens is 411 g/mol. The van der Waals surface area contributed by atoms with E-state index in [0.29, 0.717) is 37.1 Å². The summed E-state index contributed by atoms with van der Waals surface area (Å²) in [5.74, 6) is -0.420. The van der Waals surface area contributed by atoms with E-state index in [9.17, 15) is 18.0 Å². The summed E-state index contributed by atoms with van der Waals surface area (Å²) < 4.78 is 58.5. The molecule has 1 aliphatic rings. The molecule has 2 heterocycles. The molecule has 0 unspecified atom stereocenters. The first-order valence-electron chi connectivity index (χ1n) is 9.89. The molecule has 5 nitrogen and oxygen atoms in total. The highest BCUT2D eigenvalue weighted by molar-refractivity contribution is 5.88. The van der Waals surface area contributed by atoms with Crippen molar-refractivity contribution in [3.63, 3.8) is 0 Å². The van der Waals surface area contributed by atoms with Crippen LogP contribution in [0.1, 0.15) is 25.2 Å². The molecule has 0 N–H and O–H groups in total. The Labute approximate surface area is 177 Å². The minimum Gasteiger partial charge on any atom is -0.496 e. The Kier molecular flexibility index (Phi) is 5.43. The van der Waals surface area contributed by atoms with Gasteiger partial charge in [0.05, 0.1) is 23.6 Å². The first-order chi connectivity index (χ1) is 14.7. The van der Waals surface area contributed by atoms with Gasteiger partial charge in [0.15, 0.2) is 0 Å². The number of hydrogen-bond donors (Lipinski definition) is 0. The molecule has 164 valence electrons. The van der Waals surface area contributed by atoms with Gasteiger partial charge in [-0.15, -0.1) is 0 Å². The van der Waals surface area contributed by atoms with Crippen molar-refractivity contribution in [2.24, 2.45) is 5.92 Å². The number of benzene rings is 2. The first-order valence-corrected chi connectivity index (χ1v) is 9.89. The Hall–Kier alpha value is -3.00. The van der Waals surface area contributed by atoms with Crippen LogP contribution >= 0.6 is 0 Å². The van der Waals surface area contributed by atoms with Gasteiger partial charge in [-0.05, 0) is 24.1 Å². The third-order valence-corrected chi connectivity index (χ3v) is 5.16. The van der Waals surface area contributed by atoms with Crippen molar-refractivity contribution in [2.45, 2.75) is 26.6 Å². The third-order valence-electron chi connectivity index (χ3n) is 5.16. The van der Waals surface area contributed by atoms with Crippen LogP contribution in [-0.4, -0.2) is 25.3 Å². The van der Waals surface area contributed by atoms with E-state index in [1.807, 2.05) is 18.7 Å². The van der Waals surface area contributed by atoms with Gasteiger partial charge in [0, 0.05) is 18.7 Å². The predicted molar refractivity (Wildman–Crippen MR) is 110 cm³/mol. The van der Waals surface area contributed by atoms with Crippen LogP contribution in [0.25, 0.3) is 22.1 Å². The highest BCUT2D eigenvalue weighted by atomic mass is 19.4. The molecule has 0 amide bonds. The van der Waals surface area contributed by atoms with Crippen molar-refractivity contribution in [1.82, 2.24) is 4.90 Å². The Morgan fingerprint density at radius 3 is 2.58 bits per heavy atom. The van der Waals surface area contributed by atoms with Gasteiger partial charge < -0.3 is 13.9 Å². The number of methoxy groups -OCH3 is 1. The van der Waals surface area contributed by atoms with E-state index in [2.05, 4.69) is 0 Å². The highest BCUT2D eigenvalue weighted by Crippen LogP contribution is 2.42. The molecule has 31 heavy (non-hydrogen) atoms. The maximum Gasteiger partial charge on any atom is 0.450 e. The van der Waals surface area contributed by atoms with E-state index in [4.69, 9.17) is 13.9 Å². The predicted octanol–water partition coefficient (Wildman–Crippen LogP) is 5.30. The number of halogens is 3. The lowest BCUT2D eigenvalue weighted by Gasteiger charge is -2.30. The molecule has 0 aliphatic carbocycles. The van der Waals surface area contributed by atoms with E-state index < -0.39 is 22.9 Å². The van der Waals surface area contributed by atoms with Crippen molar-refractivity contribution >= 4 is 11.0 Å². The van der Waals surface area contributed by atoms with Crippen molar-refractivity contribution < 1.29 is 27.1 Å². The van der Waals surface area contributed by atoms with Gasteiger partial charge >= 0.3 is 6.18 Å². The molecule has 1 aromatic heterocycles. The molecular formula is C23H22F3NO4. The molecule has 3 aromatic rings. The molecule has 0 bridgehead atoms. The highest BCUT2D eigenvalue weighted by Gasteiger charge is 2.40. The Morgan fingerprint density at radius 2 is 1.90 bits per heavy atom. The minimum atomic E-state index is -4.88. The van der Waals surface area contributed by atoms with Gasteiger partial charge in [0.1, 0.15) is 23.8 Å². The van der Waals surface area contributed by atoms with Crippen LogP contribution in [0, 0.1) is 5.92 Å². The lowest BCUT2D eigenvalue weighted by atomic mass is 9.99. The summed E-state index contributed by atoms with van der Waals surface area (Å²) in [5.41, 5.74) is -0.945. The molecule has 0 spiro atoms.